The van der Waals surface area contributed by atoms with Gasteiger partial charge in [-0.3, -0.25) is 0 Å². The lowest BCUT2D eigenvalue weighted by Gasteiger charge is -2.17. The molecule has 0 unspecified atom stereocenters. The molecule has 19 heavy (non-hydrogen) atoms. The molecule has 0 radical (unpaired) electrons. The monoisotopic (exact) mass is 255 g/mol. The predicted molar refractivity (Wildman–Crippen MR) is 77.9 cm³/mol. The summed E-state index contributed by atoms with van der Waals surface area (Å²) >= 11 is 0. The summed E-state index contributed by atoms with van der Waals surface area (Å²) in [6, 6.07) is 10.5. The van der Waals surface area contributed by atoms with Crippen LogP contribution in [-0.2, 0) is 19.5 Å². The lowest BCUT2D eigenvalue weighted by molar-refractivity contribution is 0.501. The normalized spacial score (nSPS) is 14.7. The van der Waals surface area contributed by atoms with Crippen molar-refractivity contribution in [3.63, 3.8) is 0 Å². The first-order chi connectivity index (χ1) is 9.25. The standard InChI is InChI=1S/C16H21N3/c1-12(2)11-19-15-8-9-17-10-14(15)18-16(19)13-6-4-3-5-7-13/h3-7,12,17H,8-11H2,1-2H3. The molecule has 1 aromatic carbocycles. The van der Waals surface area contributed by atoms with Crippen molar-refractivity contribution >= 4 is 0 Å². The molecule has 2 aromatic rings. The zero-order chi connectivity index (χ0) is 13.2. The second kappa shape index (κ2) is 5.17. The minimum Gasteiger partial charge on any atom is -0.327 e. The Morgan fingerprint density at radius 1 is 1.26 bits per heavy atom. The zero-order valence-corrected chi connectivity index (χ0v) is 11.7. The summed E-state index contributed by atoms with van der Waals surface area (Å²) in [5.74, 6) is 1.76. The molecule has 1 aliphatic heterocycles. The van der Waals surface area contributed by atoms with Gasteiger partial charge in [-0.1, -0.05) is 44.2 Å². The first kappa shape index (κ1) is 12.4. The van der Waals surface area contributed by atoms with Gasteiger partial charge in [-0.05, 0) is 5.92 Å². The van der Waals surface area contributed by atoms with Gasteiger partial charge in [-0.25, -0.2) is 4.98 Å². The third kappa shape index (κ3) is 2.43. The molecule has 0 atom stereocenters. The summed E-state index contributed by atoms with van der Waals surface area (Å²) in [5.41, 5.74) is 3.87. The van der Waals surface area contributed by atoms with Crippen molar-refractivity contribution in [3.05, 3.63) is 41.7 Å². The van der Waals surface area contributed by atoms with E-state index in [2.05, 4.69) is 54.1 Å². The number of nitrogens with zero attached hydrogens (tertiary/aromatic N) is 2. The maximum absolute atomic E-state index is 4.87. The number of fused-ring (bicyclic) bond motifs is 1. The topological polar surface area (TPSA) is 29.9 Å². The van der Waals surface area contributed by atoms with Crippen LogP contribution in [-0.4, -0.2) is 16.1 Å². The minimum absolute atomic E-state index is 0.635. The Balaban J connectivity index is 2.10. The van der Waals surface area contributed by atoms with E-state index in [0.717, 1.165) is 31.9 Å². The van der Waals surface area contributed by atoms with Crippen molar-refractivity contribution in [2.45, 2.75) is 33.4 Å². The summed E-state index contributed by atoms with van der Waals surface area (Å²) in [5, 5.41) is 3.41. The van der Waals surface area contributed by atoms with Gasteiger partial charge in [0.15, 0.2) is 0 Å². The number of rotatable bonds is 3. The highest BCUT2D eigenvalue weighted by Crippen LogP contribution is 2.25. The summed E-state index contributed by atoms with van der Waals surface area (Å²) in [4.78, 5) is 4.87. The average molecular weight is 255 g/mol. The summed E-state index contributed by atoms with van der Waals surface area (Å²) in [6.07, 6.45) is 1.09. The van der Waals surface area contributed by atoms with E-state index in [0.29, 0.717) is 5.92 Å². The first-order valence-electron chi connectivity index (χ1n) is 7.10. The van der Waals surface area contributed by atoms with Crippen molar-refractivity contribution < 1.29 is 0 Å². The lowest BCUT2D eigenvalue weighted by atomic mass is 10.1. The van der Waals surface area contributed by atoms with Gasteiger partial charge >= 0.3 is 0 Å². The molecule has 0 saturated heterocycles. The predicted octanol–water partition coefficient (Wildman–Crippen LogP) is 2.85. The van der Waals surface area contributed by atoms with E-state index in [1.165, 1.54) is 17.0 Å². The molecular formula is C16H21N3. The van der Waals surface area contributed by atoms with Crippen molar-refractivity contribution in [2.75, 3.05) is 6.54 Å². The van der Waals surface area contributed by atoms with Gasteiger partial charge in [-0.15, -0.1) is 0 Å². The van der Waals surface area contributed by atoms with Crippen LogP contribution in [0.1, 0.15) is 25.2 Å². The number of hydrogen-bond donors (Lipinski definition) is 1. The van der Waals surface area contributed by atoms with E-state index in [4.69, 9.17) is 4.98 Å². The van der Waals surface area contributed by atoms with E-state index in [9.17, 15) is 0 Å². The Morgan fingerprint density at radius 3 is 2.79 bits per heavy atom. The fourth-order valence-corrected chi connectivity index (χ4v) is 2.74. The fraction of sp³-hybridized carbons (Fsp3) is 0.438. The molecule has 1 N–H and O–H groups in total. The highest BCUT2D eigenvalue weighted by Gasteiger charge is 2.20. The van der Waals surface area contributed by atoms with E-state index in [1.54, 1.807) is 0 Å². The Morgan fingerprint density at radius 2 is 2.05 bits per heavy atom. The third-order valence-corrected chi connectivity index (χ3v) is 3.57. The van der Waals surface area contributed by atoms with Crippen molar-refractivity contribution in [1.82, 2.24) is 14.9 Å². The molecule has 3 rings (SSSR count). The first-order valence-corrected chi connectivity index (χ1v) is 7.10. The van der Waals surface area contributed by atoms with E-state index in [-0.39, 0.29) is 0 Å². The van der Waals surface area contributed by atoms with Gasteiger partial charge in [0.2, 0.25) is 0 Å². The van der Waals surface area contributed by atoms with E-state index < -0.39 is 0 Å². The number of imidazole rings is 1. The molecule has 0 aliphatic carbocycles. The molecular weight excluding hydrogens is 234 g/mol. The molecule has 3 nitrogen and oxygen atoms in total. The molecule has 0 spiro atoms. The lowest BCUT2D eigenvalue weighted by Crippen LogP contribution is -2.25. The van der Waals surface area contributed by atoms with Crippen LogP contribution in [0.3, 0.4) is 0 Å². The van der Waals surface area contributed by atoms with Crippen LogP contribution >= 0.6 is 0 Å². The maximum Gasteiger partial charge on any atom is 0.140 e. The molecule has 0 fully saturated rings. The van der Waals surface area contributed by atoms with Gasteiger partial charge in [-0.2, -0.15) is 0 Å². The number of aromatic nitrogens is 2. The van der Waals surface area contributed by atoms with Crippen molar-refractivity contribution in [2.24, 2.45) is 5.92 Å². The third-order valence-electron chi connectivity index (χ3n) is 3.57. The second-order valence-electron chi connectivity index (χ2n) is 5.63. The summed E-state index contributed by atoms with van der Waals surface area (Å²) in [7, 11) is 0. The molecule has 100 valence electrons. The quantitative estimate of drug-likeness (QED) is 0.914. The van der Waals surface area contributed by atoms with Crippen LogP contribution in [0.25, 0.3) is 11.4 Å². The van der Waals surface area contributed by atoms with Crippen LogP contribution in [0.15, 0.2) is 30.3 Å². The summed E-state index contributed by atoms with van der Waals surface area (Å²) in [6.45, 7) is 7.54. The summed E-state index contributed by atoms with van der Waals surface area (Å²) < 4.78 is 2.43. The maximum atomic E-state index is 4.87. The van der Waals surface area contributed by atoms with Crippen LogP contribution in [0.5, 0.6) is 0 Å². The molecule has 3 heteroatoms. The molecule has 1 aliphatic rings. The largest absolute Gasteiger partial charge is 0.327 e. The molecule has 1 aromatic heterocycles. The average Bonchev–Trinajstić information content (AvgIpc) is 2.78. The molecule has 2 heterocycles. The van der Waals surface area contributed by atoms with Gasteiger partial charge in [0.05, 0.1) is 5.69 Å². The Hall–Kier alpha value is -1.61. The van der Waals surface area contributed by atoms with Gasteiger partial charge in [0.1, 0.15) is 5.82 Å². The van der Waals surface area contributed by atoms with Gasteiger partial charge < -0.3 is 9.88 Å². The van der Waals surface area contributed by atoms with Crippen LogP contribution in [0.4, 0.5) is 0 Å². The molecule has 0 bridgehead atoms. The molecule has 0 amide bonds. The van der Waals surface area contributed by atoms with Crippen LogP contribution < -0.4 is 5.32 Å². The Kier molecular flexibility index (Phi) is 3.38. The number of nitrogens with one attached hydrogen (secondary N) is 1. The SMILES string of the molecule is CC(C)Cn1c(-c2ccccc2)nc2c1CCNC2. The molecule has 0 saturated carbocycles. The highest BCUT2D eigenvalue weighted by atomic mass is 15.1. The van der Waals surface area contributed by atoms with Gasteiger partial charge in [0, 0.05) is 37.3 Å². The van der Waals surface area contributed by atoms with Crippen LogP contribution in [0, 0.1) is 5.92 Å². The second-order valence-corrected chi connectivity index (χ2v) is 5.63. The number of benzene rings is 1. The highest BCUT2D eigenvalue weighted by molar-refractivity contribution is 5.57. The van der Waals surface area contributed by atoms with E-state index >= 15 is 0 Å². The minimum atomic E-state index is 0.635. The van der Waals surface area contributed by atoms with E-state index in [1.807, 2.05) is 0 Å². The number of hydrogen-bond acceptors (Lipinski definition) is 2. The fourth-order valence-electron chi connectivity index (χ4n) is 2.74. The van der Waals surface area contributed by atoms with Crippen molar-refractivity contribution in [3.8, 4) is 11.4 Å². The van der Waals surface area contributed by atoms with Crippen molar-refractivity contribution in [1.29, 1.82) is 0 Å². The Bertz CT molecular complexity index is 555. The van der Waals surface area contributed by atoms with Gasteiger partial charge in [0.25, 0.3) is 0 Å². The zero-order valence-electron chi connectivity index (χ0n) is 11.7. The smallest absolute Gasteiger partial charge is 0.140 e. The van der Waals surface area contributed by atoms with Crippen LogP contribution in [0.2, 0.25) is 0 Å². The Labute approximate surface area is 114 Å².